The van der Waals surface area contributed by atoms with E-state index >= 15 is 0 Å². The Morgan fingerprint density at radius 3 is 2.17 bits per heavy atom. The Labute approximate surface area is 132 Å². The van der Waals surface area contributed by atoms with Crippen LogP contribution in [-0.4, -0.2) is 27.7 Å². The van der Waals surface area contributed by atoms with Crippen LogP contribution in [0.4, 0.5) is 0 Å². The van der Waals surface area contributed by atoms with Crippen molar-refractivity contribution in [2.45, 2.75) is 6.42 Å². The summed E-state index contributed by atoms with van der Waals surface area (Å²) >= 11 is 0. The van der Waals surface area contributed by atoms with Crippen molar-refractivity contribution in [2.75, 3.05) is 0 Å². The Morgan fingerprint density at radius 1 is 1.04 bits per heavy atom. The van der Waals surface area contributed by atoms with Crippen molar-refractivity contribution < 1.29 is 14.4 Å². The van der Waals surface area contributed by atoms with Crippen LogP contribution in [0.3, 0.4) is 0 Å². The third-order valence-corrected chi connectivity index (χ3v) is 5.82. The minimum absolute atomic E-state index is 0.161. The molecule has 0 unspecified atom stereocenters. The van der Waals surface area contributed by atoms with E-state index in [-0.39, 0.29) is 35.5 Å². The lowest BCUT2D eigenvalue weighted by atomic mass is 9.63. The smallest absolute Gasteiger partial charge is 0.270 e. The Bertz CT molecular complexity index is 724. The van der Waals surface area contributed by atoms with Crippen LogP contribution < -0.4 is 5.43 Å². The van der Waals surface area contributed by atoms with E-state index in [0.717, 1.165) is 11.4 Å². The number of hydrazine groups is 1. The number of hydrogen-bond donors (Lipinski definition) is 1. The molecule has 6 rings (SSSR count). The van der Waals surface area contributed by atoms with E-state index < -0.39 is 5.91 Å². The van der Waals surface area contributed by atoms with E-state index in [0.29, 0.717) is 17.4 Å². The number of amides is 3. The van der Waals surface area contributed by atoms with Crippen molar-refractivity contribution in [3.8, 4) is 0 Å². The molecule has 1 aromatic heterocycles. The third kappa shape index (κ3) is 1.63. The summed E-state index contributed by atoms with van der Waals surface area (Å²) in [6, 6.07) is 3.10. The summed E-state index contributed by atoms with van der Waals surface area (Å²) in [7, 11) is 0. The highest BCUT2D eigenvalue weighted by Crippen LogP contribution is 2.65. The van der Waals surface area contributed by atoms with Gasteiger partial charge in [0, 0.05) is 18.0 Å². The number of imide groups is 1. The first-order valence-electron chi connectivity index (χ1n) is 7.94. The van der Waals surface area contributed by atoms with Crippen LogP contribution in [0.25, 0.3) is 0 Å². The highest BCUT2D eigenvalue weighted by molar-refractivity contribution is 6.08. The summed E-state index contributed by atoms with van der Waals surface area (Å²) < 4.78 is 0. The molecule has 3 fully saturated rings. The molecule has 1 aromatic rings. The van der Waals surface area contributed by atoms with Crippen LogP contribution in [0.5, 0.6) is 0 Å². The molecule has 1 aliphatic heterocycles. The predicted octanol–water partition coefficient (Wildman–Crippen LogP) is 0.779. The van der Waals surface area contributed by atoms with Gasteiger partial charge in [0.2, 0.25) is 0 Å². The molecular formula is C17H15N3O3. The van der Waals surface area contributed by atoms with Crippen LogP contribution in [0.15, 0.2) is 36.7 Å². The van der Waals surface area contributed by atoms with Gasteiger partial charge in [-0.1, -0.05) is 12.2 Å². The van der Waals surface area contributed by atoms with Crippen LogP contribution in [0, 0.1) is 35.5 Å². The molecule has 4 aliphatic carbocycles. The topological polar surface area (TPSA) is 79.4 Å². The van der Waals surface area contributed by atoms with Gasteiger partial charge >= 0.3 is 0 Å². The number of rotatable bonds is 2. The summed E-state index contributed by atoms with van der Waals surface area (Å²) in [5.74, 6) is -0.128. The Balaban J connectivity index is 1.42. The third-order valence-electron chi connectivity index (χ3n) is 5.82. The molecule has 116 valence electrons. The molecule has 0 aromatic carbocycles. The molecule has 6 heteroatoms. The number of carbonyl (C=O) groups is 3. The van der Waals surface area contributed by atoms with Crippen molar-refractivity contribution in [1.29, 1.82) is 0 Å². The van der Waals surface area contributed by atoms with Crippen molar-refractivity contribution in [3.05, 3.63) is 42.2 Å². The standard InChI is InChI=1S/C17H15N3O3/c21-15(8-3-5-18-6-4-8)19-20-16(22)13-9-1-2-10(12-7-11(9)12)14(13)17(20)23/h1-6,9-14H,7H2,(H,19,21)/t9-,10-,11-,12-,13-,14+/m0/s1. The van der Waals surface area contributed by atoms with Gasteiger partial charge in [-0.2, -0.15) is 5.01 Å². The highest BCUT2D eigenvalue weighted by Gasteiger charge is 2.67. The lowest BCUT2D eigenvalue weighted by Crippen LogP contribution is -2.46. The van der Waals surface area contributed by atoms with Crippen molar-refractivity contribution in [1.82, 2.24) is 15.4 Å². The Kier molecular flexibility index (Phi) is 2.42. The summed E-state index contributed by atoms with van der Waals surface area (Å²) in [6.45, 7) is 0. The first-order chi connectivity index (χ1) is 11.2. The van der Waals surface area contributed by atoms with Gasteiger partial charge in [-0.15, -0.1) is 0 Å². The van der Waals surface area contributed by atoms with Crippen LogP contribution in [0.1, 0.15) is 16.8 Å². The first kappa shape index (κ1) is 13.0. The normalized spacial score (nSPS) is 39.2. The number of allylic oxidation sites excluding steroid dienone is 2. The Morgan fingerprint density at radius 2 is 1.61 bits per heavy atom. The molecule has 3 amide bonds. The number of nitrogens with zero attached hydrogens (tertiary/aromatic N) is 2. The van der Waals surface area contributed by atoms with E-state index in [1.54, 1.807) is 12.1 Å². The van der Waals surface area contributed by atoms with Gasteiger partial charge in [0.25, 0.3) is 17.7 Å². The highest BCUT2D eigenvalue weighted by atomic mass is 16.2. The second kappa shape index (κ2) is 4.28. The quantitative estimate of drug-likeness (QED) is 0.647. The first-order valence-corrected chi connectivity index (χ1v) is 7.94. The SMILES string of the molecule is O=C(NN1C(=O)[C@@H]2[C@H]3C=C[C@@H]([C@@H]4C[C@@H]34)[C@@H]2C1=O)c1ccncc1. The van der Waals surface area contributed by atoms with Crippen LogP contribution in [-0.2, 0) is 9.59 Å². The lowest BCUT2D eigenvalue weighted by molar-refractivity contribution is -0.143. The number of aromatic nitrogens is 1. The van der Waals surface area contributed by atoms with E-state index in [9.17, 15) is 14.4 Å². The molecule has 2 bridgehead atoms. The molecule has 6 nitrogen and oxygen atoms in total. The molecular weight excluding hydrogens is 294 g/mol. The van der Waals surface area contributed by atoms with E-state index in [2.05, 4.69) is 22.6 Å². The molecule has 5 aliphatic rings. The fraction of sp³-hybridized carbons (Fsp3) is 0.412. The van der Waals surface area contributed by atoms with Crippen molar-refractivity contribution in [3.63, 3.8) is 0 Å². The number of nitrogens with one attached hydrogen (secondary N) is 1. The maximum Gasteiger partial charge on any atom is 0.270 e. The molecule has 23 heavy (non-hydrogen) atoms. The molecule has 6 atom stereocenters. The van der Waals surface area contributed by atoms with Crippen LogP contribution in [0.2, 0.25) is 0 Å². The molecule has 0 spiro atoms. The molecule has 0 radical (unpaired) electrons. The summed E-state index contributed by atoms with van der Waals surface area (Å²) in [4.78, 5) is 41.5. The molecule has 2 saturated carbocycles. The summed E-state index contributed by atoms with van der Waals surface area (Å²) in [5, 5.41) is 0.954. The largest absolute Gasteiger partial charge is 0.272 e. The zero-order valence-electron chi connectivity index (χ0n) is 12.3. The van der Waals surface area contributed by atoms with Crippen molar-refractivity contribution in [2.24, 2.45) is 35.5 Å². The second-order valence-corrected chi connectivity index (χ2v) is 6.84. The number of hydrogen-bond acceptors (Lipinski definition) is 4. The molecule has 1 N–H and O–H groups in total. The fourth-order valence-corrected chi connectivity index (χ4v) is 4.74. The number of pyridine rings is 1. The molecule has 2 heterocycles. The maximum absolute atomic E-state index is 12.7. The van der Waals surface area contributed by atoms with Gasteiger partial charge in [0.05, 0.1) is 11.8 Å². The molecule has 1 saturated heterocycles. The number of carbonyl (C=O) groups excluding carboxylic acids is 3. The van der Waals surface area contributed by atoms with Crippen LogP contribution >= 0.6 is 0 Å². The van der Waals surface area contributed by atoms with Gasteiger partial charge in [-0.05, 0) is 42.2 Å². The monoisotopic (exact) mass is 309 g/mol. The van der Waals surface area contributed by atoms with Gasteiger partial charge in [0.1, 0.15) is 0 Å². The van der Waals surface area contributed by atoms with E-state index in [1.807, 2.05) is 0 Å². The lowest BCUT2D eigenvalue weighted by Gasteiger charge is -2.37. The summed E-state index contributed by atoms with van der Waals surface area (Å²) in [5.41, 5.74) is 2.86. The van der Waals surface area contributed by atoms with Gasteiger partial charge in [0.15, 0.2) is 0 Å². The predicted molar refractivity (Wildman–Crippen MR) is 78.3 cm³/mol. The van der Waals surface area contributed by atoms with Crippen molar-refractivity contribution >= 4 is 17.7 Å². The second-order valence-electron chi connectivity index (χ2n) is 6.84. The minimum Gasteiger partial charge on any atom is -0.272 e. The van der Waals surface area contributed by atoms with Gasteiger partial charge < -0.3 is 0 Å². The Hall–Kier alpha value is -2.50. The fourth-order valence-electron chi connectivity index (χ4n) is 4.74. The summed E-state index contributed by atoms with van der Waals surface area (Å²) in [6.07, 6.45) is 8.35. The minimum atomic E-state index is -0.460. The zero-order valence-corrected chi connectivity index (χ0v) is 12.3. The van der Waals surface area contributed by atoms with E-state index in [1.165, 1.54) is 12.4 Å². The van der Waals surface area contributed by atoms with Gasteiger partial charge in [-0.25, -0.2) is 0 Å². The van der Waals surface area contributed by atoms with Gasteiger partial charge in [-0.3, -0.25) is 24.8 Å². The zero-order chi connectivity index (χ0) is 15.7. The maximum atomic E-state index is 12.7. The average molecular weight is 309 g/mol. The van der Waals surface area contributed by atoms with E-state index in [4.69, 9.17) is 0 Å². The average Bonchev–Trinajstić information content (AvgIpc) is 3.37.